The highest BCUT2D eigenvalue weighted by molar-refractivity contribution is 5.64. The van der Waals surface area contributed by atoms with E-state index in [4.69, 9.17) is 4.74 Å². The van der Waals surface area contributed by atoms with Gasteiger partial charge in [0.15, 0.2) is 0 Å². The summed E-state index contributed by atoms with van der Waals surface area (Å²) in [5.41, 5.74) is 1.00. The van der Waals surface area contributed by atoms with Gasteiger partial charge in [-0.3, -0.25) is 9.97 Å². The van der Waals surface area contributed by atoms with Gasteiger partial charge in [-0.25, -0.2) is 0 Å². The second kappa shape index (κ2) is 5.73. The summed E-state index contributed by atoms with van der Waals surface area (Å²) < 4.78 is 44.2. The average molecular weight is 335 g/mol. The zero-order valence-electron chi connectivity index (χ0n) is 12.8. The maximum absolute atomic E-state index is 12.8. The number of ether oxygens (including phenoxy) is 1. The number of rotatable bonds is 3. The molecule has 0 bridgehead atoms. The fourth-order valence-corrected chi connectivity index (χ4v) is 2.86. The van der Waals surface area contributed by atoms with Crippen LogP contribution >= 0.6 is 0 Å². The minimum atomic E-state index is -4.42. The maximum Gasteiger partial charge on any atom is 0.417 e. The highest BCUT2D eigenvalue weighted by Gasteiger charge is 2.32. The molecular weight excluding hydrogens is 319 g/mol. The molecule has 0 spiro atoms. The number of pyridine rings is 2. The van der Waals surface area contributed by atoms with Gasteiger partial charge in [0, 0.05) is 42.2 Å². The molecule has 2 aromatic rings. The van der Waals surface area contributed by atoms with Crippen LogP contribution in [0.4, 0.5) is 13.2 Å². The predicted molar refractivity (Wildman–Crippen MR) is 81.5 cm³/mol. The lowest BCUT2D eigenvalue weighted by atomic mass is 10.0. The number of alkyl halides is 3. The Bertz CT molecular complexity index is 759. The van der Waals surface area contributed by atoms with Gasteiger partial charge in [-0.15, -0.1) is 0 Å². The van der Waals surface area contributed by atoms with Gasteiger partial charge < -0.3 is 10.1 Å². The van der Waals surface area contributed by atoms with Crippen LogP contribution in [0.3, 0.4) is 0 Å². The lowest BCUT2D eigenvalue weighted by Crippen LogP contribution is -2.29. The fourth-order valence-electron chi connectivity index (χ4n) is 2.86. The molecule has 4 nitrogen and oxygen atoms in total. The van der Waals surface area contributed by atoms with Gasteiger partial charge in [0.1, 0.15) is 5.75 Å². The van der Waals surface area contributed by atoms with Gasteiger partial charge in [-0.1, -0.05) is 0 Å². The number of nitrogens with one attached hydrogen (secondary N) is 1. The molecule has 1 saturated carbocycles. The van der Waals surface area contributed by atoms with Gasteiger partial charge >= 0.3 is 6.18 Å². The fraction of sp³-hybridized carbons (Fsp3) is 0.412. The Morgan fingerprint density at radius 1 is 1.04 bits per heavy atom. The Morgan fingerprint density at radius 2 is 1.83 bits per heavy atom. The van der Waals surface area contributed by atoms with Crippen molar-refractivity contribution in [3.63, 3.8) is 0 Å². The monoisotopic (exact) mass is 335 g/mol. The molecule has 1 N–H and O–H groups in total. The Morgan fingerprint density at radius 3 is 2.58 bits per heavy atom. The molecular formula is C17H16F3N3O. The summed E-state index contributed by atoms with van der Waals surface area (Å²) in [6, 6.07) is 3.53. The standard InChI is InChI=1S/C17H16F3N3O/c18-17(19,20)12-5-10(7-21-9-12)11-6-15-16(22-8-11)14(3-4-24-15)23-13-1-2-13/h5-9,13-14,23H,1-4H2. The quantitative estimate of drug-likeness (QED) is 0.928. The van der Waals surface area contributed by atoms with E-state index >= 15 is 0 Å². The van der Waals surface area contributed by atoms with Gasteiger partial charge in [0.2, 0.25) is 0 Å². The number of hydrogen-bond acceptors (Lipinski definition) is 4. The average Bonchev–Trinajstić information content (AvgIpc) is 3.38. The first-order valence-electron chi connectivity index (χ1n) is 7.92. The lowest BCUT2D eigenvalue weighted by molar-refractivity contribution is -0.137. The molecule has 24 heavy (non-hydrogen) atoms. The van der Waals surface area contributed by atoms with Crippen LogP contribution in [0.5, 0.6) is 5.75 Å². The van der Waals surface area contributed by atoms with E-state index in [9.17, 15) is 13.2 Å². The van der Waals surface area contributed by atoms with Crippen molar-refractivity contribution < 1.29 is 17.9 Å². The minimum absolute atomic E-state index is 0.148. The Hall–Kier alpha value is -2.15. The van der Waals surface area contributed by atoms with Crippen LogP contribution < -0.4 is 10.1 Å². The number of nitrogens with zero attached hydrogens (tertiary/aromatic N) is 2. The Balaban J connectivity index is 1.65. The van der Waals surface area contributed by atoms with Crippen molar-refractivity contribution >= 4 is 0 Å². The van der Waals surface area contributed by atoms with E-state index in [1.807, 2.05) is 0 Å². The van der Waals surface area contributed by atoms with Crippen molar-refractivity contribution in [1.29, 1.82) is 0 Å². The van der Waals surface area contributed by atoms with E-state index < -0.39 is 11.7 Å². The molecule has 0 amide bonds. The third-order valence-corrected chi connectivity index (χ3v) is 4.29. The van der Waals surface area contributed by atoms with Crippen molar-refractivity contribution in [2.45, 2.75) is 37.5 Å². The number of aromatic nitrogens is 2. The molecule has 0 aromatic carbocycles. The first-order valence-corrected chi connectivity index (χ1v) is 7.92. The molecule has 0 saturated heterocycles. The van der Waals surface area contributed by atoms with Crippen molar-refractivity contribution in [2.24, 2.45) is 0 Å². The largest absolute Gasteiger partial charge is 0.492 e. The summed E-state index contributed by atoms with van der Waals surface area (Å²) in [6.07, 6.45) is 2.61. The first kappa shape index (κ1) is 15.4. The van der Waals surface area contributed by atoms with Gasteiger partial charge in [0.25, 0.3) is 0 Å². The SMILES string of the molecule is FC(F)(F)c1cncc(-c2cnc3c(c2)OCCC3NC2CC2)c1. The van der Waals surface area contributed by atoms with Crippen LogP contribution in [0.25, 0.3) is 11.1 Å². The molecule has 3 heterocycles. The third-order valence-electron chi connectivity index (χ3n) is 4.29. The predicted octanol–water partition coefficient (Wildman–Crippen LogP) is 3.74. The van der Waals surface area contributed by atoms with Crippen molar-refractivity contribution in [3.8, 4) is 16.9 Å². The van der Waals surface area contributed by atoms with Crippen molar-refractivity contribution in [1.82, 2.24) is 15.3 Å². The molecule has 1 atom stereocenters. The van der Waals surface area contributed by atoms with Crippen LogP contribution in [0.2, 0.25) is 0 Å². The molecule has 0 radical (unpaired) electrons. The van der Waals surface area contributed by atoms with Crippen molar-refractivity contribution in [2.75, 3.05) is 6.61 Å². The second-order valence-electron chi connectivity index (χ2n) is 6.20. The Kier molecular flexibility index (Phi) is 3.68. The highest BCUT2D eigenvalue weighted by atomic mass is 19.4. The van der Waals surface area contributed by atoms with Crippen LogP contribution in [0, 0.1) is 0 Å². The lowest BCUT2D eigenvalue weighted by Gasteiger charge is -2.26. The summed E-state index contributed by atoms with van der Waals surface area (Å²) in [6.45, 7) is 0.573. The second-order valence-corrected chi connectivity index (χ2v) is 6.20. The summed E-state index contributed by atoms with van der Waals surface area (Å²) in [5.74, 6) is 0.634. The molecule has 126 valence electrons. The summed E-state index contributed by atoms with van der Waals surface area (Å²) in [4.78, 5) is 8.15. The Labute approximate surface area is 137 Å². The summed E-state index contributed by atoms with van der Waals surface area (Å²) >= 11 is 0. The minimum Gasteiger partial charge on any atom is -0.492 e. The van der Waals surface area contributed by atoms with E-state index in [0.29, 0.717) is 29.5 Å². The van der Waals surface area contributed by atoms with Gasteiger partial charge in [-0.05, 0) is 25.0 Å². The number of fused-ring (bicyclic) bond motifs is 1. The number of halogens is 3. The number of hydrogen-bond donors (Lipinski definition) is 1. The first-order chi connectivity index (χ1) is 11.5. The third kappa shape index (κ3) is 3.08. The van der Waals surface area contributed by atoms with E-state index in [0.717, 1.165) is 24.4 Å². The van der Waals surface area contributed by atoms with E-state index in [2.05, 4.69) is 15.3 Å². The topological polar surface area (TPSA) is 47.0 Å². The highest BCUT2D eigenvalue weighted by Crippen LogP contribution is 2.37. The molecule has 1 fully saturated rings. The maximum atomic E-state index is 12.8. The molecule has 7 heteroatoms. The van der Waals surface area contributed by atoms with E-state index in [1.165, 1.54) is 19.0 Å². The van der Waals surface area contributed by atoms with Gasteiger partial charge in [0.05, 0.1) is 23.9 Å². The van der Waals surface area contributed by atoms with Crippen LogP contribution in [-0.4, -0.2) is 22.6 Å². The zero-order chi connectivity index (χ0) is 16.7. The molecule has 2 aromatic heterocycles. The molecule has 1 aliphatic carbocycles. The zero-order valence-corrected chi connectivity index (χ0v) is 12.8. The van der Waals surface area contributed by atoms with Crippen molar-refractivity contribution in [3.05, 3.63) is 42.0 Å². The molecule has 2 aliphatic rings. The van der Waals surface area contributed by atoms with Crippen LogP contribution in [0.15, 0.2) is 30.7 Å². The summed E-state index contributed by atoms with van der Waals surface area (Å²) in [7, 11) is 0. The molecule has 4 rings (SSSR count). The smallest absolute Gasteiger partial charge is 0.417 e. The van der Waals surface area contributed by atoms with Crippen LogP contribution in [-0.2, 0) is 6.18 Å². The van der Waals surface area contributed by atoms with E-state index in [1.54, 1.807) is 12.3 Å². The molecule has 1 unspecified atom stereocenters. The van der Waals surface area contributed by atoms with Gasteiger partial charge in [-0.2, -0.15) is 13.2 Å². The van der Waals surface area contributed by atoms with Crippen LogP contribution in [0.1, 0.15) is 36.6 Å². The summed E-state index contributed by atoms with van der Waals surface area (Å²) in [5, 5.41) is 3.53. The molecule has 1 aliphatic heterocycles. The van der Waals surface area contributed by atoms with E-state index in [-0.39, 0.29) is 6.04 Å². The normalized spacial score (nSPS) is 20.4.